The molecule has 6 aromatic rings. The van der Waals surface area contributed by atoms with Crippen LogP contribution < -0.4 is 0 Å². The summed E-state index contributed by atoms with van der Waals surface area (Å²) >= 11 is 0. The van der Waals surface area contributed by atoms with E-state index < -0.39 is 0 Å². The van der Waals surface area contributed by atoms with Crippen LogP contribution in [0.1, 0.15) is 89.0 Å². The summed E-state index contributed by atoms with van der Waals surface area (Å²) in [7, 11) is 0. The number of hydrogen-bond donors (Lipinski definition) is 0. The molecule has 0 atom stereocenters. The molecule has 0 saturated heterocycles. The van der Waals surface area contributed by atoms with E-state index in [0.717, 1.165) is 6.42 Å². The molecule has 1 heteroatoms. The maximum Gasteiger partial charge on any atom is 4.00 e. The molecule has 0 aliphatic rings. The molecule has 0 bridgehead atoms. The van der Waals surface area contributed by atoms with Crippen LogP contribution >= 0.6 is 0 Å². The smallest absolute Gasteiger partial charge is 0.358 e. The SMILES string of the molecule is CC(C)CC(C)(c1cc2c(-c3ccc(C(C)C)cc3)cccc2[cH-]1)c1cc2c(-c3ccc(C(C)C)cc3)cccc2[cH-]1.[CH3-].[CH3-].[Hf+4]. The molecular weight excluding hydrogens is 707 g/mol. The zero-order valence-electron chi connectivity index (χ0n) is 28.8. The molecule has 0 aliphatic heterocycles. The molecule has 0 saturated carbocycles. The largest absolute Gasteiger partial charge is 4.00 e. The quantitative estimate of drug-likeness (QED) is 0.107. The number of benzene rings is 4. The Morgan fingerprint density at radius 1 is 0.556 bits per heavy atom. The molecule has 6 rings (SSSR count). The third-order valence-corrected chi connectivity index (χ3v) is 9.37. The molecule has 0 amide bonds. The zero-order chi connectivity index (χ0) is 29.6. The maximum absolute atomic E-state index is 2.48. The number of rotatable bonds is 8. The summed E-state index contributed by atoms with van der Waals surface area (Å²) < 4.78 is 0. The number of hydrogen-bond acceptors (Lipinski definition) is 0. The molecule has 0 nitrogen and oxygen atoms in total. The van der Waals surface area contributed by atoms with Crippen molar-refractivity contribution in [1.29, 1.82) is 0 Å². The van der Waals surface area contributed by atoms with Crippen LogP contribution in [0.25, 0.3) is 43.8 Å². The second-order valence-corrected chi connectivity index (χ2v) is 13.6. The van der Waals surface area contributed by atoms with E-state index in [9.17, 15) is 0 Å². The summed E-state index contributed by atoms with van der Waals surface area (Å²) in [5.74, 6) is 1.64. The van der Waals surface area contributed by atoms with Crippen molar-refractivity contribution in [2.45, 2.75) is 72.1 Å². The van der Waals surface area contributed by atoms with E-state index in [0.29, 0.717) is 17.8 Å². The van der Waals surface area contributed by atoms with Gasteiger partial charge in [0.15, 0.2) is 0 Å². The van der Waals surface area contributed by atoms with E-state index in [1.807, 2.05) is 0 Å². The van der Waals surface area contributed by atoms with Crippen LogP contribution in [0.4, 0.5) is 0 Å². The van der Waals surface area contributed by atoms with E-state index in [4.69, 9.17) is 0 Å². The van der Waals surface area contributed by atoms with Crippen LogP contribution in [0.15, 0.2) is 109 Å². The van der Waals surface area contributed by atoms with Crippen molar-refractivity contribution < 1.29 is 25.8 Å². The predicted octanol–water partition coefficient (Wildman–Crippen LogP) is 13.3. The Morgan fingerprint density at radius 3 is 1.27 bits per heavy atom. The van der Waals surface area contributed by atoms with Crippen LogP contribution in [-0.2, 0) is 31.3 Å². The first-order valence-corrected chi connectivity index (χ1v) is 15.7. The van der Waals surface area contributed by atoms with Gasteiger partial charge in [0.25, 0.3) is 0 Å². The number of fused-ring (bicyclic) bond motifs is 2. The summed E-state index contributed by atoms with van der Waals surface area (Å²) in [4.78, 5) is 0. The van der Waals surface area contributed by atoms with Crippen molar-refractivity contribution in [3.63, 3.8) is 0 Å². The predicted molar refractivity (Wildman–Crippen MR) is 197 cm³/mol. The minimum atomic E-state index is -0.0935. The van der Waals surface area contributed by atoms with Gasteiger partial charge >= 0.3 is 25.8 Å². The third kappa shape index (κ3) is 7.05. The van der Waals surface area contributed by atoms with E-state index in [1.54, 1.807) is 0 Å². The van der Waals surface area contributed by atoms with Gasteiger partial charge in [-0.25, -0.2) is 0 Å². The Hall–Kier alpha value is -3.03. The Balaban J connectivity index is 0.00000184. The molecule has 230 valence electrons. The molecule has 0 aromatic heterocycles. The van der Waals surface area contributed by atoms with E-state index in [-0.39, 0.29) is 46.1 Å². The fourth-order valence-electron chi connectivity index (χ4n) is 6.92. The Labute approximate surface area is 292 Å². The summed E-state index contributed by atoms with van der Waals surface area (Å²) in [5, 5.41) is 5.35. The summed E-state index contributed by atoms with van der Waals surface area (Å²) in [6.45, 7) is 16.2. The maximum atomic E-state index is 2.48. The summed E-state index contributed by atoms with van der Waals surface area (Å²) in [6, 6.07) is 41.7. The molecule has 45 heavy (non-hydrogen) atoms. The summed E-state index contributed by atoms with van der Waals surface area (Å²) in [6.07, 6.45) is 1.09. The normalized spacial score (nSPS) is 11.6. The Morgan fingerprint density at radius 2 is 0.933 bits per heavy atom. The van der Waals surface area contributed by atoms with Crippen molar-refractivity contribution in [2.75, 3.05) is 0 Å². The van der Waals surface area contributed by atoms with Crippen molar-refractivity contribution in [1.82, 2.24) is 0 Å². The average molecular weight is 757 g/mol. The molecule has 6 aromatic carbocycles. The summed E-state index contributed by atoms with van der Waals surface area (Å²) in [5.41, 5.74) is 10.7. The van der Waals surface area contributed by atoms with Crippen molar-refractivity contribution in [2.24, 2.45) is 5.92 Å². The van der Waals surface area contributed by atoms with E-state index in [1.165, 1.54) is 66.1 Å². The Kier molecular flexibility index (Phi) is 11.8. The molecule has 0 radical (unpaired) electrons. The van der Waals surface area contributed by atoms with Crippen LogP contribution in [0.5, 0.6) is 0 Å². The third-order valence-electron chi connectivity index (χ3n) is 9.37. The van der Waals surface area contributed by atoms with Crippen molar-refractivity contribution >= 4 is 21.5 Å². The van der Waals surface area contributed by atoms with Gasteiger partial charge in [0.1, 0.15) is 0 Å². The van der Waals surface area contributed by atoms with Crippen LogP contribution in [0.3, 0.4) is 0 Å². The monoisotopic (exact) mass is 758 g/mol. The van der Waals surface area contributed by atoms with Gasteiger partial charge in [-0.05, 0) is 51.8 Å². The molecule has 0 aliphatic carbocycles. The van der Waals surface area contributed by atoms with Gasteiger partial charge in [0, 0.05) is 0 Å². The van der Waals surface area contributed by atoms with Gasteiger partial charge in [-0.15, -0.1) is 69.1 Å². The van der Waals surface area contributed by atoms with Gasteiger partial charge in [-0.2, -0.15) is 12.1 Å². The fourth-order valence-corrected chi connectivity index (χ4v) is 6.92. The molecule has 0 heterocycles. The first-order chi connectivity index (χ1) is 20.1. The van der Waals surface area contributed by atoms with Crippen molar-refractivity contribution in [3.05, 3.63) is 146 Å². The standard InChI is InChI=1S/C42H44.2CH3.Hf/c1-27(2)26-42(7,36-22-34-10-8-12-38(40(34)24-36)32-18-14-30(15-19-32)28(3)4)37-23-35-11-9-13-39(41(35)25-37)33-20-16-31(17-21-33)29(5)6;;;/h8-25,27-29H,26H2,1-7H3;2*1H3;/q-2;2*-1;+4. The second-order valence-electron chi connectivity index (χ2n) is 13.6. The molecule has 0 N–H and O–H groups in total. The van der Waals surface area contributed by atoms with Gasteiger partial charge in [-0.3, -0.25) is 0 Å². The van der Waals surface area contributed by atoms with Crippen LogP contribution in [-0.4, -0.2) is 0 Å². The zero-order valence-corrected chi connectivity index (χ0v) is 32.4. The van der Waals surface area contributed by atoms with Gasteiger partial charge in [-0.1, -0.05) is 120 Å². The fraction of sp³-hybridized carbons (Fsp3) is 0.273. The first kappa shape index (κ1) is 36.4. The Bertz CT molecular complexity index is 1690. The minimum Gasteiger partial charge on any atom is -0.358 e. The van der Waals surface area contributed by atoms with Gasteiger partial charge in [0.05, 0.1) is 0 Å². The van der Waals surface area contributed by atoms with Crippen LogP contribution in [0, 0.1) is 20.8 Å². The first-order valence-electron chi connectivity index (χ1n) is 15.7. The second kappa shape index (κ2) is 14.6. The average Bonchev–Trinajstić information content (AvgIpc) is 3.62. The molecule has 0 spiro atoms. The molecular formula is C44H50Hf. The molecule has 0 unspecified atom stereocenters. The molecule has 0 fully saturated rings. The van der Waals surface area contributed by atoms with Gasteiger partial charge in [0.2, 0.25) is 0 Å². The van der Waals surface area contributed by atoms with E-state index in [2.05, 4.69) is 158 Å². The topological polar surface area (TPSA) is 0 Å². The van der Waals surface area contributed by atoms with Gasteiger partial charge < -0.3 is 14.9 Å². The minimum absolute atomic E-state index is 0. The van der Waals surface area contributed by atoms with Crippen LogP contribution in [0.2, 0.25) is 0 Å². The van der Waals surface area contributed by atoms with E-state index >= 15 is 0 Å². The van der Waals surface area contributed by atoms with Crippen molar-refractivity contribution in [3.8, 4) is 22.3 Å².